The third-order valence-corrected chi connectivity index (χ3v) is 4.39. The Morgan fingerprint density at radius 2 is 2.14 bits per heavy atom. The molecule has 0 saturated carbocycles. The highest BCUT2D eigenvalue weighted by Gasteiger charge is 2.35. The zero-order valence-corrected chi connectivity index (χ0v) is 12.4. The first-order chi connectivity index (χ1) is 10.2. The first-order valence-electron chi connectivity index (χ1n) is 7.51. The van der Waals surface area contributed by atoms with Crippen LogP contribution < -0.4 is 10.6 Å². The number of carbonyl (C=O) groups excluding carboxylic acids is 1. The molecule has 6 heteroatoms. The van der Waals surface area contributed by atoms with Crippen LogP contribution in [0.1, 0.15) is 13.3 Å². The molecule has 0 spiro atoms. The van der Waals surface area contributed by atoms with E-state index in [1.807, 2.05) is 11.0 Å². The number of nitrogens with zero attached hydrogens (tertiary/aromatic N) is 3. The van der Waals surface area contributed by atoms with Crippen LogP contribution in [0, 0.1) is 5.92 Å². The van der Waals surface area contributed by atoms with Gasteiger partial charge in [0.05, 0.1) is 17.6 Å². The third-order valence-electron chi connectivity index (χ3n) is 4.39. The average molecular weight is 290 g/mol. The Balaban J connectivity index is 1.60. The van der Waals surface area contributed by atoms with Crippen molar-refractivity contribution in [1.29, 1.82) is 0 Å². The summed E-state index contributed by atoms with van der Waals surface area (Å²) in [4.78, 5) is 20.6. The second-order valence-corrected chi connectivity index (χ2v) is 5.80. The maximum atomic E-state index is 12.5. The third kappa shape index (κ3) is 2.81. The molecule has 1 amide bonds. The molecule has 0 radical (unpaired) electrons. The number of amides is 1. The number of rotatable bonds is 2. The van der Waals surface area contributed by atoms with Gasteiger partial charge in [0.15, 0.2) is 0 Å². The molecule has 2 aliphatic heterocycles. The van der Waals surface area contributed by atoms with Gasteiger partial charge in [-0.2, -0.15) is 0 Å². The number of piperazine rings is 1. The van der Waals surface area contributed by atoms with Crippen molar-refractivity contribution in [1.82, 2.24) is 9.88 Å². The SMILES string of the molecule is CC1CCOC1C(=O)N1CCN(c2ccncc2N)CC1. The molecule has 3 rings (SSSR count). The normalized spacial score (nSPS) is 26.1. The van der Waals surface area contributed by atoms with Crippen molar-refractivity contribution in [3.05, 3.63) is 18.5 Å². The summed E-state index contributed by atoms with van der Waals surface area (Å²) >= 11 is 0. The summed E-state index contributed by atoms with van der Waals surface area (Å²) < 4.78 is 5.58. The predicted octanol–water partition coefficient (Wildman–Crippen LogP) is 0.737. The Morgan fingerprint density at radius 3 is 2.76 bits per heavy atom. The number of hydrogen-bond donors (Lipinski definition) is 1. The van der Waals surface area contributed by atoms with Gasteiger partial charge >= 0.3 is 0 Å². The fraction of sp³-hybridized carbons (Fsp3) is 0.600. The molecule has 0 bridgehead atoms. The number of ether oxygens (including phenoxy) is 1. The highest BCUT2D eigenvalue weighted by molar-refractivity contribution is 5.82. The van der Waals surface area contributed by atoms with Crippen LogP contribution in [-0.2, 0) is 9.53 Å². The van der Waals surface area contributed by atoms with Crippen LogP contribution in [-0.4, -0.2) is 54.7 Å². The van der Waals surface area contributed by atoms with Gasteiger partial charge in [0.1, 0.15) is 6.10 Å². The van der Waals surface area contributed by atoms with Crippen molar-refractivity contribution in [3.8, 4) is 0 Å². The summed E-state index contributed by atoms with van der Waals surface area (Å²) in [5, 5.41) is 0. The Morgan fingerprint density at radius 1 is 1.38 bits per heavy atom. The van der Waals surface area contributed by atoms with E-state index in [1.54, 1.807) is 12.4 Å². The first-order valence-corrected chi connectivity index (χ1v) is 7.51. The number of nitrogens with two attached hydrogens (primary N) is 1. The van der Waals surface area contributed by atoms with Crippen LogP contribution in [0.2, 0.25) is 0 Å². The van der Waals surface area contributed by atoms with Crippen LogP contribution in [0.4, 0.5) is 11.4 Å². The number of aromatic nitrogens is 1. The minimum atomic E-state index is -0.248. The smallest absolute Gasteiger partial charge is 0.252 e. The minimum Gasteiger partial charge on any atom is -0.396 e. The molecule has 6 nitrogen and oxygen atoms in total. The van der Waals surface area contributed by atoms with Crippen LogP contribution >= 0.6 is 0 Å². The lowest BCUT2D eigenvalue weighted by Crippen LogP contribution is -2.52. The van der Waals surface area contributed by atoms with E-state index in [2.05, 4.69) is 16.8 Å². The molecule has 21 heavy (non-hydrogen) atoms. The summed E-state index contributed by atoms with van der Waals surface area (Å²) in [6, 6.07) is 1.93. The molecule has 1 aromatic heterocycles. The number of pyridine rings is 1. The topological polar surface area (TPSA) is 71.7 Å². The molecule has 114 valence electrons. The molecule has 2 unspecified atom stereocenters. The Hall–Kier alpha value is -1.82. The first kappa shape index (κ1) is 14.1. The van der Waals surface area contributed by atoms with E-state index in [9.17, 15) is 4.79 Å². The molecular formula is C15H22N4O2. The summed E-state index contributed by atoms with van der Waals surface area (Å²) in [6.45, 7) is 5.80. The van der Waals surface area contributed by atoms with Crippen molar-refractivity contribution in [2.24, 2.45) is 5.92 Å². The van der Waals surface area contributed by atoms with E-state index in [-0.39, 0.29) is 12.0 Å². The van der Waals surface area contributed by atoms with E-state index < -0.39 is 0 Å². The summed E-state index contributed by atoms with van der Waals surface area (Å²) in [7, 11) is 0. The molecular weight excluding hydrogens is 268 g/mol. The zero-order valence-electron chi connectivity index (χ0n) is 12.4. The summed E-state index contributed by atoms with van der Waals surface area (Å²) in [5.41, 5.74) is 7.65. The highest BCUT2D eigenvalue weighted by Crippen LogP contribution is 2.25. The van der Waals surface area contributed by atoms with Gasteiger partial charge in [0.25, 0.3) is 5.91 Å². The number of anilines is 2. The van der Waals surface area contributed by atoms with Crippen LogP contribution in [0.25, 0.3) is 0 Å². The molecule has 2 aliphatic rings. The Kier molecular flexibility index (Phi) is 3.96. The maximum Gasteiger partial charge on any atom is 0.252 e. The van der Waals surface area contributed by atoms with Crippen molar-refractivity contribution in [2.45, 2.75) is 19.4 Å². The highest BCUT2D eigenvalue weighted by atomic mass is 16.5. The monoisotopic (exact) mass is 290 g/mol. The van der Waals surface area contributed by atoms with Crippen LogP contribution in [0.3, 0.4) is 0 Å². The Bertz CT molecular complexity index is 514. The largest absolute Gasteiger partial charge is 0.396 e. The van der Waals surface area contributed by atoms with Gasteiger partial charge in [-0.25, -0.2) is 0 Å². The lowest BCUT2D eigenvalue weighted by molar-refractivity contribution is -0.142. The zero-order chi connectivity index (χ0) is 14.8. The molecule has 3 heterocycles. The lowest BCUT2D eigenvalue weighted by atomic mass is 10.0. The van der Waals surface area contributed by atoms with Crippen molar-refractivity contribution >= 4 is 17.3 Å². The van der Waals surface area contributed by atoms with Gasteiger partial charge in [-0.1, -0.05) is 6.92 Å². The molecule has 2 N–H and O–H groups in total. The molecule has 0 aromatic carbocycles. The number of hydrogen-bond acceptors (Lipinski definition) is 5. The molecule has 2 fully saturated rings. The number of nitrogen functional groups attached to an aromatic ring is 1. The van der Waals surface area contributed by atoms with E-state index in [4.69, 9.17) is 10.5 Å². The van der Waals surface area contributed by atoms with Crippen molar-refractivity contribution in [2.75, 3.05) is 43.4 Å². The van der Waals surface area contributed by atoms with Gasteiger partial charge in [0, 0.05) is 39.0 Å². The quantitative estimate of drug-likeness (QED) is 0.869. The maximum absolute atomic E-state index is 12.5. The molecule has 2 atom stereocenters. The van der Waals surface area contributed by atoms with Crippen LogP contribution in [0.5, 0.6) is 0 Å². The second kappa shape index (κ2) is 5.89. The van der Waals surface area contributed by atoms with Gasteiger partial charge in [0.2, 0.25) is 0 Å². The van der Waals surface area contributed by atoms with E-state index in [0.29, 0.717) is 31.3 Å². The van der Waals surface area contributed by atoms with Gasteiger partial charge in [-0.05, 0) is 18.4 Å². The molecule has 0 aliphatic carbocycles. The van der Waals surface area contributed by atoms with Crippen LogP contribution in [0.15, 0.2) is 18.5 Å². The summed E-state index contributed by atoms with van der Waals surface area (Å²) in [6.07, 6.45) is 4.14. The average Bonchev–Trinajstić information content (AvgIpc) is 2.93. The van der Waals surface area contributed by atoms with Crippen molar-refractivity contribution < 1.29 is 9.53 Å². The standard InChI is InChI=1S/C15H22N4O2/c1-11-3-9-21-14(11)15(20)19-7-5-18(6-8-19)13-2-4-17-10-12(13)16/h2,4,10-11,14H,3,5-9,16H2,1H3. The minimum absolute atomic E-state index is 0.141. The van der Waals surface area contributed by atoms with E-state index in [1.165, 1.54) is 0 Å². The molecule has 1 aromatic rings. The van der Waals surface area contributed by atoms with E-state index >= 15 is 0 Å². The second-order valence-electron chi connectivity index (χ2n) is 5.80. The Labute approximate surface area is 124 Å². The fourth-order valence-electron chi connectivity index (χ4n) is 3.05. The predicted molar refractivity (Wildman–Crippen MR) is 81.0 cm³/mol. The van der Waals surface area contributed by atoms with Gasteiger partial charge in [-0.3, -0.25) is 9.78 Å². The lowest BCUT2D eigenvalue weighted by Gasteiger charge is -2.37. The van der Waals surface area contributed by atoms with E-state index in [0.717, 1.165) is 25.2 Å². The molecule has 2 saturated heterocycles. The summed E-state index contributed by atoms with van der Waals surface area (Å²) in [5.74, 6) is 0.466. The van der Waals surface area contributed by atoms with Gasteiger partial charge < -0.3 is 20.3 Å². The van der Waals surface area contributed by atoms with Gasteiger partial charge in [-0.15, -0.1) is 0 Å². The number of carbonyl (C=O) groups is 1. The fourth-order valence-corrected chi connectivity index (χ4v) is 3.05. The van der Waals surface area contributed by atoms with Crippen molar-refractivity contribution in [3.63, 3.8) is 0 Å².